The lowest BCUT2D eigenvalue weighted by Gasteiger charge is -2.13. The molecule has 0 saturated carbocycles. The maximum atomic E-state index is 12.9. The van der Waals surface area contributed by atoms with Gasteiger partial charge in [0.25, 0.3) is 5.91 Å². The number of nitrogens with zero attached hydrogens (tertiary/aromatic N) is 1. The first-order chi connectivity index (χ1) is 14.1. The lowest BCUT2D eigenvalue weighted by atomic mass is 10.1. The summed E-state index contributed by atoms with van der Waals surface area (Å²) in [6.45, 7) is 0.444. The predicted octanol–water partition coefficient (Wildman–Crippen LogP) is 3.95. The van der Waals surface area contributed by atoms with Crippen molar-refractivity contribution in [2.45, 2.75) is 6.42 Å². The van der Waals surface area contributed by atoms with E-state index in [0.717, 1.165) is 5.56 Å². The lowest BCUT2D eigenvalue weighted by Crippen LogP contribution is -2.25. The van der Waals surface area contributed by atoms with Crippen molar-refractivity contribution in [1.29, 1.82) is 0 Å². The molecule has 29 heavy (non-hydrogen) atoms. The SMILES string of the molecule is COc1ccc(OC)c(Nc2cc(C(=O)NCCc3ccc(F)cc3)ccn2)c1. The van der Waals surface area contributed by atoms with Gasteiger partial charge in [-0.3, -0.25) is 4.79 Å². The van der Waals surface area contributed by atoms with E-state index in [1.807, 2.05) is 0 Å². The van der Waals surface area contributed by atoms with E-state index < -0.39 is 0 Å². The second-order valence-corrected chi connectivity index (χ2v) is 6.25. The second-order valence-electron chi connectivity index (χ2n) is 6.25. The van der Waals surface area contributed by atoms with Gasteiger partial charge in [-0.05, 0) is 48.4 Å². The third-order valence-electron chi connectivity index (χ3n) is 4.30. The zero-order valence-corrected chi connectivity index (χ0v) is 16.2. The van der Waals surface area contributed by atoms with Crippen LogP contribution >= 0.6 is 0 Å². The van der Waals surface area contributed by atoms with Gasteiger partial charge >= 0.3 is 0 Å². The van der Waals surface area contributed by atoms with Crippen molar-refractivity contribution in [3.05, 3.63) is 77.7 Å². The van der Waals surface area contributed by atoms with Crippen LogP contribution in [0.2, 0.25) is 0 Å². The van der Waals surface area contributed by atoms with E-state index in [-0.39, 0.29) is 11.7 Å². The van der Waals surface area contributed by atoms with E-state index in [0.29, 0.717) is 41.5 Å². The van der Waals surface area contributed by atoms with E-state index in [1.165, 1.54) is 12.1 Å². The summed E-state index contributed by atoms with van der Waals surface area (Å²) in [6.07, 6.45) is 2.17. The highest BCUT2D eigenvalue weighted by molar-refractivity contribution is 5.95. The van der Waals surface area contributed by atoms with E-state index >= 15 is 0 Å². The topological polar surface area (TPSA) is 72.5 Å². The quantitative estimate of drug-likeness (QED) is 0.604. The Kier molecular flexibility index (Phi) is 6.63. The van der Waals surface area contributed by atoms with Gasteiger partial charge < -0.3 is 20.1 Å². The molecule has 2 N–H and O–H groups in total. The van der Waals surface area contributed by atoms with Gasteiger partial charge in [-0.25, -0.2) is 9.37 Å². The van der Waals surface area contributed by atoms with Crippen molar-refractivity contribution in [2.24, 2.45) is 0 Å². The number of benzene rings is 2. The second kappa shape index (κ2) is 9.54. The molecule has 6 nitrogen and oxygen atoms in total. The number of nitrogens with one attached hydrogen (secondary N) is 2. The Morgan fingerprint density at radius 3 is 2.55 bits per heavy atom. The summed E-state index contributed by atoms with van der Waals surface area (Å²) in [5.74, 6) is 1.31. The molecule has 0 aliphatic heterocycles. The van der Waals surface area contributed by atoms with Crippen molar-refractivity contribution >= 4 is 17.4 Å². The van der Waals surface area contributed by atoms with E-state index in [4.69, 9.17) is 9.47 Å². The highest BCUT2D eigenvalue weighted by Gasteiger charge is 2.10. The Hall–Kier alpha value is -3.61. The Morgan fingerprint density at radius 2 is 1.83 bits per heavy atom. The molecule has 0 fully saturated rings. The zero-order valence-electron chi connectivity index (χ0n) is 16.2. The molecule has 0 unspecified atom stereocenters. The fourth-order valence-electron chi connectivity index (χ4n) is 2.76. The largest absolute Gasteiger partial charge is 0.497 e. The first kappa shape index (κ1) is 20.1. The van der Waals surface area contributed by atoms with Gasteiger partial charge in [0.05, 0.1) is 19.9 Å². The highest BCUT2D eigenvalue weighted by atomic mass is 19.1. The molecule has 150 valence electrons. The summed E-state index contributed by atoms with van der Waals surface area (Å²) < 4.78 is 23.5. The van der Waals surface area contributed by atoms with Crippen LogP contribution < -0.4 is 20.1 Å². The number of aromatic nitrogens is 1. The van der Waals surface area contributed by atoms with Crippen molar-refractivity contribution in [1.82, 2.24) is 10.3 Å². The van der Waals surface area contributed by atoms with Gasteiger partial charge in [0.2, 0.25) is 0 Å². The molecule has 3 aromatic rings. The van der Waals surface area contributed by atoms with Gasteiger partial charge in [0, 0.05) is 24.4 Å². The summed E-state index contributed by atoms with van der Waals surface area (Å²) >= 11 is 0. The van der Waals surface area contributed by atoms with Crippen LogP contribution in [0.15, 0.2) is 60.8 Å². The summed E-state index contributed by atoms with van der Waals surface area (Å²) in [7, 11) is 3.16. The van der Waals surface area contributed by atoms with Crippen LogP contribution in [0.3, 0.4) is 0 Å². The number of carbonyl (C=O) groups excluding carboxylic acids is 1. The molecular formula is C22H22FN3O3. The van der Waals surface area contributed by atoms with E-state index in [1.54, 1.807) is 62.9 Å². The van der Waals surface area contributed by atoms with E-state index in [2.05, 4.69) is 15.6 Å². The van der Waals surface area contributed by atoms with Crippen molar-refractivity contribution in [3.63, 3.8) is 0 Å². The van der Waals surface area contributed by atoms with Crippen LogP contribution in [0.5, 0.6) is 11.5 Å². The third-order valence-corrected chi connectivity index (χ3v) is 4.30. The molecule has 0 bridgehead atoms. The Labute approximate surface area is 168 Å². The molecule has 2 aromatic carbocycles. The molecule has 0 saturated heterocycles. The minimum absolute atomic E-state index is 0.213. The standard InChI is InChI=1S/C22H22FN3O3/c1-28-18-7-8-20(29-2)19(14-18)26-21-13-16(10-12-24-21)22(27)25-11-9-15-3-5-17(23)6-4-15/h3-8,10,12-14H,9,11H2,1-2H3,(H,24,26)(H,25,27). The number of ether oxygens (including phenoxy) is 2. The average molecular weight is 395 g/mol. The number of amides is 1. The minimum Gasteiger partial charge on any atom is -0.497 e. The van der Waals surface area contributed by atoms with Crippen LogP contribution in [0.1, 0.15) is 15.9 Å². The molecule has 0 atom stereocenters. The first-order valence-electron chi connectivity index (χ1n) is 9.07. The summed E-state index contributed by atoms with van der Waals surface area (Å²) in [5, 5.41) is 6.01. The fourth-order valence-corrected chi connectivity index (χ4v) is 2.76. The Balaban J connectivity index is 1.64. The number of rotatable bonds is 8. The van der Waals surface area contributed by atoms with Gasteiger partial charge in [-0.2, -0.15) is 0 Å². The van der Waals surface area contributed by atoms with E-state index in [9.17, 15) is 9.18 Å². The van der Waals surface area contributed by atoms with Crippen LogP contribution in [0, 0.1) is 5.82 Å². The average Bonchev–Trinajstić information content (AvgIpc) is 2.75. The Bertz CT molecular complexity index is 977. The van der Waals surface area contributed by atoms with Crippen LogP contribution in [-0.4, -0.2) is 31.7 Å². The molecule has 1 heterocycles. The number of hydrogen-bond donors (Lipinski definition) is 2. The molecule has 0 aliphatic carbocycles. The summed E-state index contributed by atoms with van der Waals surface area (Å²) in [4.78, 5) is 16.7. The maximum Gasteiger partial charge on any atom is 0.251 e. The van der Waals surface area contributed by atoms with Gasteiger partial charge in [0.1, 0.15) is 23.1 Å². The summed E-state index contributed by atoms with van der Waals surface area (Å²) in [6, 6.07) is 14.9. The lowest BCUT2D eigenvalue weighted by molar-refractivity contribution is 0.0954. The summed E-state index contributed by atoms with van der Waals surface area (Å²) in [5.41, 5.74) is 2.10. The number of carbonyl (C=O) groups is 1. The molecule has 0 spiro atoms. The number of methoxy groups -OCH3 is 2. The molecule has 7 heteroatoms. The molecule has 0 radical (unpaired) electrons. The van der Waals surface area contributed by atoms with Crippen molar-refractivity contribution < 1.29 is 18.7 Å². The maximum absolute atomic E-state index is 12.9. The van der Waals surface area contributed by atoms with Gasteiger partial charge in [0.15, 0.2) is 0 Å². The van der Waals surface area contributed by atoms with Crippen molar-refractivity contribution in [3.8, 4) is 11.5 Å². The van der Waals surface area contributed by atoms with Crippen molar-refractivity contribution in [2.75, 3.05) is 26.1 Å². The Morgan fingerprint density at radius 1 is 1.03 bits per heavy atom. The molecule has 0 aliphatic rings. The number of halogens is 1. The minimum atomic E-state index is -0.276. The predicted molar refractivity (Wildman–Crippen MR) is 110 cm³/mol. The zero-order chi connectivity index (χ0) is 20.6. The smallest absolute Gasteiger partial charge is 0.251 e. The molecule has 3 rings (SSSR count). The first-order valence-corrected chi connectivity index (χ1v) is 9.07. The third kappa shape index (κ3) is 5.44. The molecule has 1 aromatic heterocycles. The van der Waals surface area contributed by atoms with Gasteiger partial charge in [-0.1, -0.05) is 12.1 Å². The van der Waals surface area contributed by atoms with Crippen LogP contribution in [0.25, 0.3) is 0 Å². The monoisotopic (exact) mass is 395 g/mol. The number of hydrogen-bond acceptors (Lipinski definition) is 5. The molecular weight excluding hydrogens is 373 g/mol. The van der Waals surface area contributed by atoms with Gasteiger partial charge in [-0.15, -0.1) is 0 Å². The fraction of sp³-hybridized carbons (Fsp3) is 0.182. The number of anilines is 2. The van der Waals surface area contributed by atoms with Crippen LogP contribution in [-0.2, 0) is 6.42 Å². The normalized spacial score (nSPS) is 10.3. The van der Waals surface area contributed by atoms with Crippen LogP contribution in [0.4, 0.5) is 15.9 Å². The molecule has 1 amide bonds. The number of pyridine rings is 1. The highest BCUT2D eigenvalue weighted by Crippen LogP contribution is 2.31.